The molecule has 1 saturated heterocycles. The van der Waals surface area contributed by atoms with Crippen molar-refractivity contribution in [2.24, 2.45) is 0 Å². The Labute approximate surface area is 177 Å². The minimum atomic E-state index is -0.498. The second-order valence-electron chi connectivity index (χ2n) is 7.41. The second-order valence-corrected chi connectivity index (χ2v) is 7.82. The SMILES string of the molecule is COC1CCN(C(=O)c2cc(F)cc(Cc3n[nH]c(=O)c4cccc(Cl)c34)c2)CC1. The number of methoxy groups -OCH3 is 1. The Hall–Kier alpha value is -2.77. The summed E-state index contributed by atoms with van der Waals surface area (Å²) in [4.78, 5) is 26.7. The van der Waals surface area contributed by atoms with Crippen molar-refractivity contribution in [3.8, 4) is 0 Å². The largest absolute Gasteiger partial charge is 0.381 e. The topological polar surface area (TPSA) is 75.3 Å². The van der Waals surface area contributed by atoms with E-state index in [1.54, 1.807) is 36.3 Å². The summed E-state index contributed by atoms with van der Waals surface area (Å²) in [5.74, 6) is -0.704. The molecule has 0 radical (unpaired) electrons. The van der Waals surface area contributed by atoms with E-state index in [1.165, 1.54) is 12.1 Å². The van der Waals surface area contributed by atoms with Crippen LogP contribution in [0.25, 0.3) is 10.8 Å². The van der Waals surface area contributed by atoms with Crippen LogP contribution in [-0.4, -0.2) is 47.3 Å². The first kappa shape index (κ1) is 20.5. The van der Waals surface area contributed by atoms with Crippen molar-refractivity contribution < 1.29 is 13.9 Å². The lowest BCUT2D eigenvalue weighted by atomic mass is 10.0. The fourth-order valence-corrected chi connectivity index (χ4v) is 4.20. The number of amides is 1. The van der Waals surface area contributed by atoms with Gasteiger partial charge in [0.05, 0.1) is 22.2 Å². The Balaban J connectivity index is 1.64. The monoisotopic (exact) mass is 429 g/mol. The zero-order valence-electron chi connectivity index (χ0n) is 16.5. The lowest BCUT2D eigenvalue weighted by molar-refractivity contribution is 0.0350. The maximum absolute atomic E-state index is 14.3. The van der Waals surface area contributed by atoms with E-state index < -0.39 is 5.82 Å². The smallest absolute Gasteiger partial charge is 0.272 e. The number of nitrogens with one attached hydrogen (secondary N) is 1. The number of rotatable bonds is 4. The highest BCUT2D eigenvalue weighted by Gasteiger charge is 2.24. The van der Waals surface area contributed by atoms with Crippen molar-refractivity contribution in [3.63, 3.8) is 0 Å². The molecule has 1 fully saturated rings. The maximum Gasteiger partial charge on any atom is 0.272 e. The van der Waals surface area contributed by atoms with Gasteiger partial charge in [0.2, 0.25) is 0 Å². The first-order valence-corrected chi connectivity index (χ1v) is 10.1. The summed E-state index contributed by atoms with van der Waals surface area (Å²) >= 11 is 6.30. The van der Waals surface area contributed by atoms with Crippen molar-refractivity contribution >= 4 is 28.3 Å². The number of carbonyl (C=O) groups is 1. The molecule has 156 valence electrons. The number of fused-ring (bicyclic) bond motifs is 1. The van der Waals surface area contributed by atoms with Gasteiger partial charge in [-0.2, -0.15) is 5.10 Å². The molecule has 0 bridgehead atoms. The summed E-state index contributed by atoms with van der Waals surface area (Å²) in [7, 11) is 1.67. The minimum absolute atomic E-state index is 0.154. The molecule has 1 amide bonds. The highest BCUT2D eigenvalue weighted by Crippen LogP contribution is 2.25. The first-order valence-electron chi connectivity index (χ1n) is 9.73. The molecular weight excluding hydrogens is 409 g/mol. The summed E-state index contributed by atoms with van der Waals surface area (Å²) in [6, 6.07) is 9.32. The molecule has 6 nitrogen and oxygen atoms in total. The molecule has 0 saturated carbocycles. The standard InChI is InChI=1S/C22H21ClFN3O3/c1-30-16-5-7-27(8-6-16)22(29)14-9-13(10-15(24)12-14)11-19-20-17(21(28)26-25-19)3-2-4-18(20)23/h2-4,9-10,12,16H,5-8,11H2,1H3,(H,26,28). The van der Waals surface area contributed by atoms with Gasteiger partial charge in [0.1, 0.15) is 5.82 Å². The molecule has 30 heavy (non-hydrogen) atoms. The van der Waals surface area contributed by atoms with Gasteiger partial charge in [0, 0.05) is 37.6 Å². The van der Waals surface area contributed by atoms with Gasteiger partial charge in [-0.05, 0) is 48.7 Å². The maximum atomic E-state index is 14.3. The molecule has 4 rings (SSSR count). The van der Waals surface area contributed by atoms with Crippen LogP contribution < -0.4 is 5.56 Å². The number of carbonyl (C=O) groups excluding carboxylic acids is 1. The third-order valence-corrected chi connectivity index (χ3v) is 5.79. The number of hydrogen-bond acceptors (Lipinski definition) is 4. The van der Waals surface area contributed by atoms with Crippen LogP contribution in [0.1, 0.15) is 34.5 Å². The molecule has 0 unspecified atom stereocenters. The third kappa shape index (κ3) is 4.08. The van der Waals surface area contributed by atoms with Crippen LogP contribution in [-0.2, 0) is 11.2 Å². The number of halogens is 2. The van der Waals surface area contributed by atoms with Crippen molar-refractivity contribution in [1.82, 2.24) is 15.1 Å². The average molecular weight is 430 g/mol. The number of benzene rings is 2. The van der Waals surface area contributed by atoms with E-state index in [-0.39, 0.29) is 24.0 Å². The van der Waals surface area contributed by atoms with Crippen LogP contribution in [0.15, 0.2) is 41.2 Å². The Morgan fingerprint density at radius 1 is 1.30 bits per heavy atom. The molecule has 2 aromatic carbocycles. The number of hydrogen-bond donors (Lipinski definition) is 1. The van der Waals surface area contributed by atoms with Crippen LogP contribution in [0.2, 0.25) is 5.02 Å². The number of likely N-dealkylation sites (tertiary alicyclic amines) is 1. The van der Waals surface area contributed by atoms with E-state index in [2.05, 4.69) is 10.2 Å². The van der Waals surface area contributed by atoms with Crippen LogP contribution in [0.4, 0.5) is 4.39 Å². The van der Waals surface area contributed by atoms with Gasteiger partial charge in [-0.25, -0.2) is 9.49 Å². The molecule has 8 heteroatoms. The van der Waals surface area contributed by atoms with E-state index in [4.69, 9.17) is 16.3 Å². The normalized spacial score (nSPS) is 15.0. The number of nitrogens with zero attached hydrogens (tertiary/aromatic N) is 2. The van der Waals surface area contributed by atoms with Crippen molar-refractivity contribution in [2.45, 2.75) is 25.4 Å². The predicted octanol–water partition coefficient (Wildman–Crippen LogP) is 3.56. The van der Waals surface area contributed by atoms with E-state index in [0.29, 0.717) is 45.7 Å². The molecule has 2 heterocycles. The molecule has 0 atom stereocenters. The zero-order chi connectivity index (χ0) is 21.3. The van der Waals surface area contributed by atoms with Gasteiger partial charge >= 0.3 is 0 Å². The van der Waals surface area contributed by atoms with E-state index in [9.17, 15) is 14.0 Å². The molecule has 0 aliphatic carbocycles. The third-order valence-electron chi connectivity index (χ3n) is 5.48. The Kier molecular flexibility index (Phi) is 5.83. The summed E-state index contributed by atoms with van der Waals surface area (Å²) < 4.78 is 19.7. The average Bonchev–Trinajstić information content (AvgIpc) is 2.75. The minimum Gasteiger partial charge on any atom is -0.381 e. The van der Waals surface area contributed by atoms with Gasteiger partial charge < -0.3 is 9.64 Å². The molecule has 1 aliphatic rings. The predicted molar refractivity (Wildman–Crippen MR) is 113 cm³/mol. The number of aromatic nitrogens is 2. The highest BCUT2D eigenvalue weighted by atomic mass is 35.5. The Morgan fingerprint density at radius 3 is 2.80 bits per heavy atom. The van der Waals surface area contributed by atoms with Crippen molar-refractivity contribution in [1.29, 1.82) is 0 Å². The molecule has 3 aromatic rings. The van der Waals surface area contributed by atoms with Gasteiger partial charge in [-0.3, -0.25) is 9.59 Å². The lowest BCUT2D eigenvalue weighted by Crippen LogP contribution is -2.40. The summed E-state index contributed by atoms with van der Waals surface area (Å²) in [6.07, 6.45) is 1.90. The van der Waals surface area contributed by atoms with Crippen LogP contribution in [0, 0.1) is 5.82 Å². The van der Waals surface area contributed by atoms with E-state index in [1.807, 2.05) is 0 Å². The highest BCUT2D eigenvalue weighted by molar-refractivity contribution is 6.35. The first-order chi connectivity index (χ1) is 14.5. The molecule has 1 aromatic heterocycles. The van der Waals surface area contributed by atoms with Crippen molar-refractivity contribution in [2.75, 3.05) is 20.2 Å². The van der Waals surface area contributed by atoms with E-state index >= 15 is 0 Å². The van der Waals surface area contributed by atoms with Gasteiger partial charge in [0.15, 0.2) is 0 Å². The fraction of sp³-hybridized carbons (Fsp3) is 0.318. The Morgan fingerprint density at radius 2 is 2.07 bits per heavy atom. The summed E-state index contributed by atoms with van der Waals surface area (Å²) in [5, 5.41) is 7.92. The van der Waals surface area contributed by atoms with Gasteiger partial charge in [-0.1, -0.05) is 17.7 Å². The lowest BCUT2D eigenvalue weighted by Gasteiger charge is -2.31. The summed E-state index contributed by atoms with van der Waals surface area (Å²) in [6.45, 7) is 1.15. The van der Waals surface area contributed by atoms with Crippen LogP contribution >= 0.6 is 11.6 Å². The van der Waals surface area contributed by atoms with Gasteiger partial charge in [-0.15, -0.1) is 0 Å². The Bertz CT molecular complexity index is 1160. The van der Waals surface area contributed by atoms with Crippen LogP contribution in [0.5, 0.6) is 0 Å². The molecule has 1 aliphatic heterocycles. The molecule has 1 N–H and O–H groups in total. The van der Waals surface area contributed by atoms with Crippen molar-refractivity contribution in [3.05, 3.63) is 74.4 Å². The quantitative estimate of drug-likeness (QED) is 0.688. The van der Waals surface area contributed by atoms with Gasteiger partial charge in [0.25, 0.3) is 11.5 Å². The zero-order valence-corrected chi connectivity index (χ0v) is 17.2. The fourth-order valence-electron chi connectivity index (χ4n) is 3.92. The number of aromatic amines is 1. The number of ether oxygens (including phenoxy) is 1. The second kappa shape index (κ2) is 8.53. The number of H-pyrrole nitrogens is 1. The van der Waals surface area contributed by atoms with Crippen LogP contribution in [0.3, 0.4) is 0 Å². The number of piperidine rings is 1. The molecule has 0 spiro atoms. The molecular formula is C22H21ClFN3O3. The van der Waals surface area contributed by atoms with E-state index in [0.717, 1.165) is 12.8 Å². The summed E-state index contributed by atoms with van der Waals surface area (Å²) in [5.41, 5.74) is 1.04.